The maximum atomic E-state index is 5.09. The van der Waals surface area contributed by atoms with Gasteiger partial charge in [0.05, 0.1) is 4.47 Å². The number of rotatable bonds is 1. The summed E-state index contributed by atoms with van der Waals surface area (Å²) in [7, 11) is 0. The zero-order valence-electron chi connectivity index (χ0n) is 8.04. The Bertz CT molecular complexity index is 462. The van der Waals surface area contributed by atoms with Crippen molar-refractivity contribution in [3.05, 3.63) is 40.1 Å². The first-order valence-electron chi connectivity index (χ1n) is 4.37. The molecular formula is C11H10BrNO. The van der Waals surface area contributed by atoms with Crippen LogP contribution in [0.15, 0.2) is 33.3 Å². The lowest BCUT2D eigenvalue weighted by atomic mass is 10.1. The molecule has 1 heterocycles. The van der Waals surface area contributed by atoms with Gasteiger partial charge in [0.2, 0.25) is 0 Å². The van der Waals surface area contributed by atoms with Gasteiger partial charge in [0.25, 0.3) is 0 Å². The van der Waals surface area contributed by atoms with Gasteiger partial charge >= 0.3 is 0 Å². The molecule has 0 amide bonds. The molecule has 0 bridgehead atoms. The Hall–Kier alpha value is -1.09. The SMILES string of the molecule is Cc1cccc(-c2noc(C)c2Br)c1. The number of hydrogen-bond acceptors (Lipinski definition) is 2. The Morgan fingerprint density at radius 1 is 1.29 bits per heavy atom. The van der Waals surface area contributed by atoms with Crippen LogP contribution in [0, 0.1) is 13.8 Å². The number of aryl methyl sites for hydroxylation is 2. The van der Waals surface area contributed by atoms with Gasteiger partial charge in [-0.1, -0.05) is 28.9 Å². The van der Waals surface area contributed by atoms with Crippen molar-refractivity contribution in [2.45, 2.75) is 13.8 Å². The van der Waals surface area contributed by atoms with E-state index in [2.05, 4.69) is 40.1 Å². The Labute approximate surface area is 91.1 Å². The van der Waals surface area contributed by atoms with Crippen molar-refractivity contribution >= 4 is 15.9 Å². The van der Waals surface area contributed by atoms with E-state index in [1.165, 1.54) is 5.56 Å². The molecule has 0 aliphatic heterocycles. The highest BCUT2D eigenvalue weighted by Crippen LogP contribution is 2.29. The van der Waals surface area contributed by atoms with Crippen LogP contribution in [0.25, 0.3) is 11.3 Å². The highest BCUT2D eigenvalue weighted by Gasteiger charge is 2.11. The summed E-state index contributed by atoms with van der Waals surface area (Å²) < 4.78 is 6.03. The minimum atomic E-state index is 0.807. The van der Waals surface area contributed by atoms with E-state index in [1.807, 2.05) is 19.1 Å². The first kappa shape index (κ1) is 9.46. The summed E-state index contributed by atoms with van der Waals surface area (Å²) in [6, 6.07) is 8.18. The molecule has 0 spiro atoms. The van der Waals surface area contributed by atoms with Crippen LogP contribution in [0.5, 0.6) is 0 Å². The quantitative estimate of drug-likeness (QED) is 0.773. The van der Waals surface area contributed by atoms with E-state index in [0.717, 1.165) is 21.5 Å². The molecule has 0 unspecified atom stereocenters. The van der Waals surface area contributed by atoms with Gasteiger partial charge in [0.15, 0.2) is 0 Å². The zero-order valence-corrected chi connectivity index (χ0v) is 9.63. The summed E-state index contributed by atoms with van der Waals surface area (Å²) in [6.45, 7) is 3.95. The van der Waals surface area contributed by atoms with Crippen molar-refractivity contribution in [1.29, 1.82) is 0 Å². The van der Waals surface area contributed by atoms with E-state index >= 15 is 0 Å². The summed E-state index contributed by atoms with van der Waals surface area (Å²) in [4.78, 5) is 0. The molecule has 0 atom stereocenters. The predicted molar refractivity (Wildman–Crippen MR) is 59.1 cm³/mol. The molecule has 2 nitrogen and oxygen atoms in total. The maximum absolute atomic E-state index is 5.09. The molecule has 3 heteroatoms. The average molecular weight is 252 g/mol. The van der Waals surface area contributed by atoms with Crippen LogP contribution in [0.3, 0.4) is 0 Å². The summed E-state index contributed by atoms with van der Waals surface area (Å²) in [5.41, 5.74) is 3.16. The van der Waals surface area contributed by atoms with Crippen molar-refractivity contribution in [2.24, 2.45) is 0 Å². The standard InChI is InChI=1S/C11H10BrNO/c1-7-4-3-5-9(6-7)11-10(12)8(2)14-13-11/h3-6H,1-2H3. The van der Waals surface area contributed by atoms with Crippen LogP contribution < -0.4 is 0 Å². The lowest BCUT2D eigenvalue weighted by Gasteiger charge is -1.97. The van der Waals surface area contributed by atoms with Gasteiger partial charge in [-0.15, -0.1) is 0 Å². The predicted octanol–water partition coefficient (Wildman–Crippen LogP) is 3.72. The fourth-order valence-corrected chi connectivity index (χ4v) is 1.71. The fraction of sp³-hybridized carbons (Fsp3) is 0.182. The number of hydrogen-bond donors (Lipinski definition) is 0. The van der Waals surface area contributed by atoms with Gasteiger partial charge in [-0.3, -0.25) is 0 Å². The van der Waals surface area contributed by atoms with Gasteiger partial charge in [-0.05, 0) is 35.8 Å². The van der Waals surface area contributed by atoms with Crippen molar-refractivity contribution in [1.82, 2.24) is 5.16 Å². The van der Waals surface area contributed by atoms with E-state index < -0.39 is 0 Å². The Balaban J connectivity index is 2.55. The van der Waals surface area contributed by atoms with Gasteiger partial charge < -0.3 is 4.52 Å². The van der Waals surface area contributed by atoms with Crippen LogP contribution >= 0.6 is 15.9 Å². The molecule has 0 N–H and O–H groups in total. The maximum Gasteiger partial charge on any atom is 0.148 e. The van der Waals surface area contributed by atoms with E-state index in [1.54, 1.807) is 0 Å². The molecule has 0 aliphatic rings. The van der Waals surface area contributed by atoms with Gasteiger partial charge in [0.1, 0.15) is 11.5 Å². The minimum absolute atomic E-state index is 0.807. The highest BCUT2D eigenvalue weighted by atomic mass is 79.9. The normalized spacial score (nSPS) is 10.5. The number of aromatic nitrogens is 1. The van der Waals surface area contributed by atoms with E-state index in [-0.39, 0.29) is 0 Å². The monoisotopic (exact) mass is 251 g/mol. The van der Waals surface area contributed by atoms with Crippen molar-refractivity contribution in [2.75, 3.05) is 0 Å². The van der Waals surface area contributed by atoms with E-state index in [0.29, 0.717) is 0 Å². The molecule has 0 aliphatic carbocycles. The molecule has 14 heavy (non-hydrogen) atoms. The lowest BCUT2D eigenvalue weighted by Crippen LogP contribution is -1.79. The van der Waals surface area contributed by atoms with E-state index in [4.69, 9.17) is 4.52 Å². The van der Waals surface area contributed by atoms with Gasteiger partial charge in [-0.2, -0.15) is 0 Å². The Morgan fingerprint density at radius 3 is 2.64 bits per heavy atom. The summed E-state index contributed by atoms with van der Waals surface area (Å²) in [6.07, 6.45) is 0. The summed E-state index contributed by atoms with van der Waals surface area (Å²) >= 11 is 3.46. The first-order valence-corrected chi connectivity index (χ1v) is 5.16. The molecule has 0 saturated carbocycles. The first-order chi connectivity index (χ1) is 6.68. The highest BCUT2D eigenvalue weighted by molar-refractivity contribution is 9.10. The van der Waals surface area contributed by atoms with E-state index in [9.17, 15) is 0 Å². The number of nitrogens with zero attached hydrogens (tertiary/aromatic N) is 1. The minimum Gasteiger partial charge on any atom is -0.360 e. The average Bonchev–Trinajstić information content (AvgIpc) is 2.48. The lowest BCUT2D eigenvalue weighted by molar-refractivity contribution is 0.399. The zero-order chi connectivity index (χ0) is 10.1. The molecule has 2 rings (SSSR count). The second-order valence-electron chi connectivity index (χ2n) is 3.27. The number of benzene rings is 1. The van der Waals surface area contributed by atoms with Crippen molar-refractivity contribution in [3.63, 3.8) is 0 Å². The molecular weight excluding hydrogens is 242 g/mol. The smallest absolute Gasteiger partial charge is 0.148 e. The third kappa shape index (κ3) is 1.60. The van der Waals surface area contributed by atoms with Crippen LogP contribution in [0.2, 0.25) is 0 Å². The topological polar surface area (TPSA) is 26.0 Å². The number of halogens is 1. The van der Waals surface area contributed by atoms with Crippen LogP contribution in [0.1, 0.15) is 11.3 Å². The van der Waals surface area contributed by atoms with Gasteiger partial charge in [-0.25, -0.2) is 0 Å². The largest absolute Gasteiger partial charge is 0.360 e. The fourth-order valence-electron chi connectivity index (χ4n) is 1.33. The second-order valence-corrected chi connectivity index (χ2v) is 4.06. The van der Waals surface area contributed by atoms with Gasteiger partial charge in [0, 0.05) is 5.56 Å². The summed E-state index contributed by atoms with van der Waals surface area (Å²) in [5, 5.41) is 4.00. The molecule has 0 radical (unpaired) electrons. The third-order valence-electron chi connectivity index (χ3n) is 2.08. The molecule has 1 aromatic carbocycles. The third-order valence-corrected chi connectivity index (χ3v) is 3.02. The van der Waals surface area contributed by atoms with Crippen LogP contribution in [0.4, 0.5) is 0 Å². The molecule has 0 saturated heterocycles. The summed E-state index contributed by atoms with van der Waals surface area (Å²) in [5.74, 6) is 0.807. The molecule has 72 valence electrons. The Morgan fingerprint density at radius 2 is 2.07 bits per heavy atom. The Kier molecular flexibility index (Phi) is 2.42. The second kappa shape index (κ2) is 3.58. The molecule has 0 fully saturated rings. The van der Waals surface area contributed by atoms with Crippen LogP contribution in [-0.2, 0) is 0 Å². The van der Waals surface area contributed by atoms with Crippen LogP contribution in [-0.4, -0.2) is 5.16 Å². The molecule has 1 aromatic heterocycles. The van der Waals surface area contributed by atoms with Crippen molar-refractivity contribution < 1.29 is 4.52 Å². The molecule has 2 aromatic rings. The van der Waals surface area contributed by atoms with Crippen molar-refractivity contribution in [3.8, 4) is 11.3 Å².